The van der Waals surface area contributed by atoms with Crippen molar-refractivity contribution in [1.29, 1.82) is 0 Å². The Morgan fingerprint density at radius 2 is 1.88 bits per heavy atom. The molecule has 0 radical (unpaired) electrons. The molecule has 1 aromatic heterocycles. The Labute approximate surface area is 146 Å². The fraction of sp³-hybridized carbons (Fsp3) is 0.474. The van der Waals surface area contributed by atoms with Crippen LogP contribution in [-0.4, -0.2) is 24.3 Å². The maximum atomic E-state index is 12.1. The molecular weight excluding hydrogens is 322 g/mol. The molecule has 2 aromatic rings. The minimum absolute atomic E-state index is 0.0397. The van der Waals surface area contributed by atoms with Gasteiger partial charge < -0.3 is 18.7 Å². The van der Waals surface area contributed by atoms with Crippen molar-refractivity contribution in [1.82, 2.24) is 5.16 Å². The highest BCUT2D eigenvalue weighted by molar-refractivity contribution is 5.72. The number of ether oxygens (including phenoxy) is 3. The molecule has 1 saturated carbocycles. The molecule has 1 aliphatic carbocycles. The van der Waals surface area contributed by atoms with Gasteiger partial charge in [0.2, 0.25) is 0 Å². The summed E-state index contributed by atoms with van der Waals surface area (Å²) in [6.07, 6.45) is 5.29. The van der Waals surface area contributed by atoms with Gasteiger partial charge in [-0.05, 0) is 31.0 Å². The fourth-order valence-electron chi connectivity index (χ4n) is 3.31. The molecular formula is C19H21NO5. The lowest BCUT2D eigenvalue weighted by Crippen LogP contribution is -2.20. The monoisotopic (exact) mass is 343 g/mol. The van der Waals surface area contributed by atoms with Gasteiger partial charge in [0.05, 0.1) is 5.92 Å². The van der Waals surface area contributed by atoms with Crippen molar-refractivity contribution < 1.29 is 23.5 Å². The van der Waals surface area contributed by atoms with Gasteiger partial charge in [-0.25, -0.2) is 0 Å². The molecule has 6 heteroatoms. The molecule has 4 rings (SSSR count). The SMILES string of the molecule is O=C(OCc1cc(-c2ccc3c(c2)OCCO3)on1)C1CCCCC1. The Balaban J connectivity index is 1.39. The Hall–Kier alpha value is -2.50. The molecule has 1 fully saturated rings. The summed E-state index contributed by atoms with van der Waals surface area (Å²) >= 11 is 0. The molecule has 0 saturated heterocycles. The number of hydrogen-bond donors (Lipinski definition) is 0. The number of hydrogen-bond acceptors (Lipinski definition) is 6. The molecule has 0 bridgehead atoms. The van der Waals surface area contributed by atoms with Gasteiger partial charge >= 0.3 is 5.97 Å². The van der Waals surface area contributed by atoms with Crippen LogP contribution in [-0.2, 0) is 16.1 Å². The summed E-state index contributed by atoms with van der Waals surface area (Å²) in [7, 11) is 0. The summed E-state index contributed by atoms with van der Waals surface area (Å²) in [5.41, 5.74) is 1.45. The number of fused-ring (bicyclic) bond motifs is 1. The summed E-state index contributed by atoms with van der Waals surface area (Å²) in [6.45, 7) is 1.24. The topological polar surface area (TPSA) is 70.8 Å². The van der Waals surface area contributed by atoms with Crippen molar-refractivity contribution in [2.45, 2.75) is 38.7 Å². The molecule has 0 atom stereocenters. The summed E-state index contributed by atoms with van der Waals surface area (Å²) in [4.78, 5) is 12.1. The average molecular weight is 343 g/mol. The second-order valence-corrected chi connectivity index (χ2v) is 6.48. The molecule has 1 aliphatic heterocycles. The first-order valence-corrected chi connectivity index (χ1v) is 8.82. The van der Waals surface area contributed by atoms with E-state index < -0.39 is 0 Å². The standard InChI is InChI=1S/C19H21NO5/c21-19(13-4-2-1-3-5-13)24-12-15-11-17(25-20-15)14-6-7-16-18(10-14)23-9-8-22-16/h6-7,10-11,13H,1-5,8-9,12H2. The molecule has 2 heterocycles. The second-order valence-electron chi connectivity index (χ2n) is 6.48. The first-order chi connectivity index (χ1) is 12.3. The van der Waals surface area contributed by atoms with Crippen LogP contribution >= 0.6 is 0 Å². The van der Waals surface area contributed by atoms with Gasteiger partial charge in [-0.2, -0.15) is 0 Å². The molecule has 0 N–H and O–H groups in total. The van der Waals surface area contributed by atoms with E-state index in [0.29, 0.717) is 30.4 Å². The van der Waals surface area contributed by atoms with Crippen molar-refractivity contribution in [3.05, 3.63) is 30.0 Å². The predicted molar refractivity (Wildman–Crippen MR) is 89.3 cm³/mol. The van der Waals surface area contributed by atoms with Crippen LogP contribution in [0.25, 0.3) is 11.3 Å². The zero-order chi connectivity index (χ0) is 17.1. The van der Waals surface area contributed by atoms with Gasteiger partial charge in [0, 0.05) is 11.6 Å². The van der Waals surface area contributed by atoms with E-state index in [0.717, 1.165) is 37.0 Å². The van der Waals surface area contributed by atoms with E-state index in [1.165, 1.54) is 6.42 Å². The van der Waals surface area contributed by atoms with Gasteiger partial charge in [-0.3, -0.25) is 4.79 Å². The third kappa shape index (κ3) is 3.62. The first kappa shape index (κ1) is 16.0. The minimum atomic E-state index is -0.122. The largest absolute Gasteiger partial charge is 0.486 e. The van der Waals surface area contributed by atoms with Crippen molar-refractivity contribution in [2.75, 3.05) is 13.2 Å². The molecule has 6 nitrogen and oxygen atoms in total. The molecule has 1 aromatic carbocycles. The lowest BCUT2D eigenvalue weighted by atomic mass is 9.89. The molecule has 25 heavy (non-hydrogen) atoms. The number of esters is 1. The number of benzene rings is 1. The highest BCUT2D eigenvalue weighted by atomic mass is 16.6. The van der Waals surface area contributed by atoms with E-state index >= 15 is 0 Å². The van der Waals surface area contributed by atoms with Crippen LogP contribution in [0.3, 0.4) is 0 Å². The van der Waals surface area contributed by atoms with E-state index in [-0.39, 0.29) is 18.5 Å². The van der Waals surface area contributed by atoms with Crippen LogP contribution in [0, 0.1) is 5.92 Å². The van der Waals surface area contributed by atoms with Gasteiger partial charge in [0.1, 0.15) is 25.5 Å². The van der Waals surface area contributed by atoms with Crippen molar-refractivity contribution in [3.63, 3.8) is 0 Å². The van der Waals surface area contributed by atoms with Crippen LogP contribution in [0.15, 0.2) is 28.8 Å². The van der Waals surface area contributed by atoms with E-state index in [1.807, 2.05) is 18.2 Å². The smallest absolute Gasteiger partial charge is 0.309 e. The van der Waals surface area contributed by atoms with E-state index in [2.05, 4.69) is 5.16 Å². The van der Waals surface area contributed by atoms with Crippen molar-refractivity contribution in [3.8, 4) is 22.8 Å². The van der Waals surface area contributed by atoms with Gasteiger partial charge in [0.25, 0.3) is 0 Å². The molecule has 0 unspecified atom stereocenters. The average Bonchev–Trinajstić information content (AvgIpc) is 3.15. The van der Waals surface area contributed by atoms with Crippen molar-refractivity contribution in [2.24, 2.45) is 5.92 Å². The summed E-state index contributed by atoms with van der Waals surface area (Å²) in [6, 6.07) is 7.41. The van der Waals surface area contributed by atoms with Gasteiger partial charge in [-0.1, -0.05) is 24.4 Å². The highest BCUT2D eigenvalue weighted by Gasteiger charge is 2.23. The Kier molecular flexibility index (Phi) is 4.59. The Bertz CT molecular complexity index is 748. The zero-order valence-electron chi connectivity index (χ0n) is 14.0. The number of nitrogens with zero attached hydrogens (tertiary/aromatic N) is 1. The van der Waals surface area contributed by atoms with E-state index in [9.17, 15) is 4.79 Å². The Morgan fingerprint density at radius 1 is 1.08 bits per heavy atom. The Morgan fingerprint density at radius 3 is 2.72 bits per heavy atom. The normalized spacial score (nSPS) is 17.3. The third-order valence-electron chi connectivity index (χ3n) is 4.69. The lowest BCUT2D eigenvalue weighted by Gasteiger charge is -2.19. The highest BCUT2D eigenvalue weighted by Crippen LogP contribution is 2.34. The quantitative estimate of drug-likeness (QED) is 0.788. The molecule has 0 amide bonds. The van der Waals surface area contributed by atoms with Gasteiger partial charge in [-0.15, -0.1) is 0 Å². The zero-order valence-corrected chi connectivity index (χ0v) is 14.0. The van der Waals surface area contributed by atoms with E-state index in [4.69, 9.17) is 18.7 Å². The second kappa shape index (κ2) is 7.17. The molecule has 0 spiro atoms. The van der Waals surface area contributed by atoms with E-state index in [1.54, 1.807) is 6.07 Å². The molecule has 132 valence electrons. The summed E-state index contributed by atoms with van der Waals surface area (Å²) in [5, 5.41) is 4.00. The van der Waals surface area contributed by atoms with Gasteiger partial charge in [0.15, 0.2) is 17.3 Å². The fourth-order valence-corrected chi connectivity index (χ4v) is 3.31. The predicted octanol–water partition coefficient (Wildman–Crippen LogP) is 3.74. The third-order valence-corrected chi connectivity index (χ3v) is 4.69. The molecule has 2 aliphatic rings. The number of rotatable bonds is 4. The van der Waals surface area contributed by atoms with Crippen LogP contribution in [0.2, 0.25) is 0 Å². The van der Waals surface area contributed by atoms with Crippen LogP contribution in [0.1, 0.15) is 37.8 Å². The van der Waals surface area contributed by atoms with Crippen LogP contribution in [0.4, 0.5) is 0 Å². The minimum Gasteiger partial charge on any atom is -0.486 e. The summed E-state index contributed by atoms with van der Waals surface area (Å²) < 4.78 is 21.9. The first-order valence-electron chi connectivity index (χ1n) is 8.82. The van der Waals surface area contributed by atoms with Crippen molar-refractivity contribution >= 4 is 5.97 Å². The number of carbonyl (C=O) groups is 1. The van der Waals surface area contributed by atoms with Crippen LogP contribution in [0.5, 0.6) is 11.5 Å². The van der Waals surface area contributed by atoms with Crippen LogP contribution < -0.4 is 9.47 Å². The lowest BCUT2D eigenvalue weighted by molar-refractivity contribution is -0.151. The maximum Gasteiger partial charge on any atom is 0.309 e. The number of carbonyl (C=O) groups excluding carboxylic acids is 1. The number of aromatic nitrogens is 1. The summed E-state index contributed by atoms with van der Waals surface area (Å²) in [5.74, 6) is 1.96. The maximum absolute atomic E-state index is 12.1.